The predicted octanol–water partition coefficient (Wildman–Crippen LogP) is 2.47. The van der Waals surface area contributed by atoms with Crippen molar-refractivity contribution in [3.63, 3.8) is 0 Å². The Hall–Kier alpha value is -1.04. The van der Waals surface area contributed by atoms with E-state index in [1.54, 1.807) is 12.2 Å². The first-order chi connectivity index (χ1) is 3.81. The molecule has 0 fully saturated rings. The number of hydrogen-bond donors (Lipinski definition) is 0. The molecule has 0 heterocycles. The minimum absolute atomic E-state index is 0.907. The van der Waals surface area contributed by atoms with Crippen LogP contribution in [0.1, 0.15) is 0 Å². The second kappa shape index (κ2) is 4.13. The molecule has 0 saturated heterocycles. The van der Waals surface area contributed by atoms with Crippen LogP contribution in [0.2, 0.25) is 0 Å². The van der Waals surface area contributed by atoms with Crippen LogP contribution in [0, 0.1) is 0 Å². The van der Waals surface area contributed by atoms with Crippen LogP contribution >= 0.6 is 0 Å². The molecule has 0 N–H and O–H groups in total. The summed E-state index contributed by atoms with van der Waals surface area (Å²) in [5.74, 6) is 0. The van der Waals surface area contributed by atoms with Crippen molar-refractivity contribution in [1.29, 1.82) is 0 Å². The molecule has 0 aliphatic carbocycles. The second-order valence-electron chi connectivity index (χ2n) is 1.37. The van der Waals surface area contributed by atoms with Crippen molar-refractivity contribution >= 4 is 0 Å². The maximum atomic E-state index is 3.66. The van der Waals surface area contributed by atoms with E-state index in [4.69, 9.17) is 0 Å². The number of rotatable bonds is 3. The zero-order valence-electron chi connectivity index (χ0n) is 4.93. The maximum Gasteiger partial charge on any atom is -0.0335 e. The Balaban J connectivity index is 3.69. The zero-order valence-corrected chi connectivity index (χ0v) is 4.93. The highest BCUT2D eigenvalue weighted by molar-refractivity contribution is 5.27. The highest BCUT2D eigenvalue weighted by Gasteiger charge is 1.70. The van der Waals surface area contributed by atoms with E-state index >= 15 is 0 Å². The highest BCUT2D eigenvalue weighted by atomic mass is 13.8. The van der Waals surface area contributed by atoms with Crippen LogP contribution in [0.3, 0.4) is 0 Å². The van der Waals surface area contributed by atoms with E-state index in [-0.39, 0.29) is 0 Å². The Bertz CT molecular complexity index is 127. The van der Waals surface area contributed by atoms with Crippen LogP contribution < -0.4 is 0 Å². The molecular weight excluding hydrogens is 96.1 g/mol. The van der Waals surface area contributed by atoms with Gasteiger partial charge in [-0.05, 0) is 5.57 Å². The fraction of sp³-hybridized carbons (Fsp3) is 0. The molecule has 0 aromatic rings. The molecule has 0 aliphatic rings. The van der Waals surface area contributed by atoms with Crippen LogP contribution in [0.25, 0.3) is 0 Å². The molecule has 0 bridgehead atoms. The summed E-state index contributed by atoms with van der Waals surface area (Å²) in [6.45, 7) is 10.7. The lowest BCUT2D eigenvalue weighted by Crippen LogP contribution is -1.59. The summed E-state index contributed by atoms with van der Waals surface area (Å²) in [5.41, 5.74) is 0.907. The summed E-state index contributed by atoms with van der Waals surface area (Å²) >= 11 is 0. The largest absolute Gasteiger partial charge is 0.0991 e. The Morgan fingerprint density at radius 1 is 1.25 bits per heavy atom. The second-order valence-corrected chi connectivity index (χ2v) is 1.37. The molecule has 42 valence electrons. The molecule has 0 aromatic carbocycles. The third kappa shape index (κ3) is 3.16. The van der Waals surface area contributed by atoms with E-state index in [2.05, 4.69) is 19.7 Å². The maximum absolute atomic E-state index is 3.66. The van der Waals surface area contributed by atoms with Crippen LogP contribution in [0.15, 0.2) is 49.6 Å². The van der Waals surface area contributed by atoms with Crippen LogP contribution in [-0.4, -0.2) is 0 Å². The first-order valence-corrected chi connectivity index (χ1v) is 2.41. The van der Waals surface area contributed by atoms with Crippen molar-refractivity contribution in [2.45, 2.75) is 0 Å². The predicted molar refractivity (Wildman–Crippen MR) is 38.7 cm³/mol. The van der Waals surface area contributed by atoms with Gasteiger partial charge in [-0.2, -0.15) is 0 Å². The summed E-state index contributed by atoms with van der Waals surface area (Å²) in [4.78, 5) is 0. The lowest BCUT2D eigenvalue weighted by Gasteiger charge is -1.80. The molecule has 0 amide bonds. The number of allylic oxidation sites excluding steroid dienone is 5. The van der Waals surface area contributed by atoms with Gasteiger partial charge in [-0.25, -0.2) is 0 Å². The molecule has 0 rings (SSSR count). The minimum atomic E-state index is 0.907. The minimum Gasteiger partial charge on any atom is -0.0991 e. The van der Waals surface area contributed by atoms with Gasteiger partial charge in [0.05, 0.1) is 0 Å². The van der Waals surface area contributed by atoms with Crippen LogP contribution in [0.5, 0.6) is 0 Å². The van der Waals surface area contributed by atoms with Gasteiger partial charge in [0.2, 0.25) is 0 Å². The van der Waals surface area contributed by atoms with Gasteiger partial charge >= 0.3 is 0 Å². The van der Waals surface area contributed by atoms with Gasteiger partial charge in [0.1, 0.15) is 0 Å². The van der Waals surface area contributed by atoms with Gasteiger partial charge in [-0.15, -0.1) is 0 Å². The lowest BCUT2D eigenvalue weighted by molar-refractivity contribution is 1.76. The Kier molecular flexibility index (Phi) is 3.59. The van der Waals surface area contributed by atoms with Crippen molar-refractivity contribution in [1.82, 2.24) is 0 Å². The fourth-order valence-electron chi connectivity index (χ4n) is 0.260. The molecule has 0 heteroatoms. The van der Waals surface area contributed by atoms with Crippen LogP contribution in [0.4, 0.5) is 0 Å². The van der Waals surface area contributed by atoms with E-state index < -0.39 is 0 Å². The molecule has 0 radical (unpaired) electrons. The van der Waals surface area contributed by atoms with Crippen molar-refractivity contribution in [2.24, 2.45) is 0 Å². The molecule has 0 spiro atoms. The van der Waals surface area contributed by atoms with Crippen molar-refractivity contribution in [3.8, 4) is 0 Å². The molecule has 8 heavy (non-hydrogen) atoms. The van der Waals surface area contributed by atoms with Gasteiger partial charge in [0.25, 0.3) is 0 Å². The van der Waals surface area contributed by atoms with Crippen molar-refractivity contribution in [3.05, 3.63) is 49.6 Å². The average Bonchev–Trinajstić information content (AvgIpc) is 1.83. The summed E-state index contributed by atoms with van der Waals surface area (Å²) in [6.07, 6.45) is 7.07. The Labute approximate surface area is 50.5 Å². The number of hydrogen-bond acceptors (Lipinski definition) is 0. The summed E-state index contributed by atoms with van der Waals surface area (Å²) < 4.78 is 0. The van der Waals surface area contributed by atoms with E-state index in [0.29, 0.717) is 0 Å². The average molecular weight is 106 g/mol. The van der Waals surface area contributed by atoms with Crippen LogP contribution in [-0.2, 0) is 0 Å². The molecule has 0 aromatic heterocycles. The highest BCUT2D eigenvalue weighted by Crippen LogP contribution is 1.91. The Morgan fingerprint density at radius 2 is 1.88 bits per heavy atom. The van der Waals surface area contributed by atoms with Gasteiger partial charge in [0, 0.05) is 0 Å². The van der Waals surface area contributed by atoms with E-state index in [0.717, 1.165) is 5.57 Å². The third-order valence-electron chi connectivity index (χ3n) is 0.709. The first-order valence-electron chi connectivity index (χ1n) is 2.41. The monoisotopic (exact) mass is 106 g/mol. The first kappa shape index (κ1) is 6.96. The SMILES string of the molecule is C=C/C=C/C(=C)C=C. The topological polar surface area (TPSA) is 0 Å². The van der Waals surface area contributed by atoms with Gasteiger partial charge in [-0.1, -0.05) is 44.0 Å². The molecule has 0 nitrogen and oxygen atoms in total. The Morgan fingerprint density at radius 3 is 2.25 bits per heavy atom. The van der Waals surface area contributed by atoms with E-state index in [1.807, 2.05) is 12.2 Å². The van der Waals surface area contributed by atoms with Gasteiger partial charge < -0.3 is 0 Å². The smallest absolute Gasteiger partial charge is 0.0335 e. The summed E-state index contributed by atoms with van der Waals surface area (Å²) in [7, 11) is 0. The molecule has 0 atom stereocenters. The lowest BCUT2D eigenvalue weighted by atomic mass is 10.3. The van der Waals surface area contributed by atoms with Crippen molar-refractivity contribution < 1.29 is 0 Å². The summed E-state index contributed by atoms with van der Waals surface area (Å²) in [5, 5.41) is 0. The summed E-state index contributed by atoms with van der Waals surface area (Å²) in [6, 6.07) is 0. The van der Waals surface area contributed by atoms with E-state index in [1.165, 1.54) is 0 Å². The van der Waals surface area contributed by atoms with Crippen molar-refractivity contribution in [2.75, 3.05) is 0 Å². The molecule has 0 saturated carbocycles. The molecule has 0 aliphatic heterocycles. The fourth-order valence-corrected chi connectivity index (χ4v) is 0.260. The van der Waals surface area contributed by atoms with E-state index in [9.17, 15) is 0 Å². The zero-order chi connectivity index (χ0) is 6.41. The molecule has 0 unspecified atom stereocenters. The van der Waals surface area contributed by atoms with Gasteiger partial charge in [0.15, 0.2) is 0 Å². The third-order valence-corrected chi connectivity index (χ3v) is 0.709. The standard InChI is InChI=1S/C8H10/c1-4-6-7-8(3)5-2/h4-7H,1-3H2/b7-6+. The normalized spacial score (nSPS) is 9.00. The molecular formula is C8H10. The van der Waals surface area contributed by atoms with Gasteiger partial charge in [-0.3, -0.25) is 0 Å². The quantitative estimate of drug-likeness (QED) is 0.485.